The molecule has 1 aromatic carbocycles. The highest BCUT2D eigenvalue weighted by Crippen LogP contribution is 2.20. The summed E-state index contributed by atoms with van der Waals surface area (Å²) in [5.41, 5.74) is 0.896. The van der Waals surface area contributed by atoms with Gasteiger partial charge in [-0.05, 0) is 34.1 Å². The van der Waals surface area contributed by atoms with E-state index in [2.05, 4.69) is 33.1 Å². The molecule has 0 fully saturated rings. The Morgan fingerprint density at radius 2 is 2.31 bits per heavy atom. The van der Waals surface area contributed by atoms with Gasteiger partial charge < -0.3 is 5.32 Å². The topological polar surface area (TPSA) is 29.1 Å². The van der Waals surface area contributed by atoms with Gasteiger partial charge in [-0.15, -0.1) is 0 Å². The Morgan fingerprint density at radius 3 is 2.94 bits per heavy atom. The van der Waals surface area contributed by atoms with Crippen LogP contribution in [0.5, 0.6) is 0 Å². The van der Waals surface area contributed by atoms with Crippen molar-refractivity contribution in [1.29, 1.82) is 0 Å². The maximum Gasteiger partial charge on any atom is 0.216 e. The number of rotatable bonds is 2. The molecule has 1 amide bonds. The lowest BCUT2D eigenvalue weighted by molar-refractivity contribution is -0.118. The minimum absolute atomic E-state index is 0.0329. The second-order valence-electron chi connectivity index (χ2n) is 3.16. The summed E-state index contributed by atoms with van der Waals surface area (Å²) in [6.07, 6.45) is 0.634. The number of nitrogens with one attached hydrogen (secondary N) is 1. The van der Waals surface area contributed by atoms with E-state index in [-0.39, 0.29) is 5.91 Å². The van der Waals surface area contributed by atoms with Crippen LogP contribution < -0.4 is 5.32 Å². The number of hydrogen-bond donors (Lipinski definition) is 1. The van der Waals surface area contributed by atoms with Crippen LogP contribution in [0.15, 0.2) is 22.7 Å². The molecule has 4 heteroatoms. The van der Waals surface area contributed by atoms with Crippen molar-refractivity contribution in [3.63, 3.8) is 0 Å². The standard InChI is InChI=1S/C12H11BrClNO/c1-9(16)15-7-3-2-4-10-5-6-11(14)8-12(10)13/h5-6,8H,3,7H2,1H3,(H,15,16). The zero-order valence-corrected chi connectivity index (χ0v) is 11.2. The van der Waals surface area contributed by atoms with Gasteiger partial charge in [-0.25, -0.2) is 0 Å². The molecule has 0 aromatic heterocycles. The normalized spacial score (nSPS) is 9.19. The van der Waals surface area contributed by atoms with Crippen LogP contribution in [0.2, 0.25) is 5.02 Å². The molecule has 0 spiro atoms. The van der Waals surface area contributed by atoms with Crippen molar-refractivity contribution in [3.05, 3.63) is 33.3 Å². The highest BCUT2D eigenvalue weighted by Gasteiger charge is 1.96. The molecule has 1 N–H and O–H groups in total. The van der Waals surface area contributed by atoms with Gasteiger partial charge in [0, 0.05) is 34.9 Å². The summed E-state index contributed by atoms with van der Waals surface area (Å²) in [6, 6.07) is 5.46. The summed E-state index contributed by atoms with van der Waals surface area (Å²) < 4.78 is 0.882. The van der Waals surface area contributed by atoms with Crippen molar-refractivity contribution in [2.45, 2.75) is 13.3 Å². The quantitative estimate of drug-likeness (QED) is 0.660. The van der Waals surface area contributed by atoms with Crippen LogP contribution in [0, 0.1) is 11.8 Å². The lowest BCUT2D eigenvalue weighted by Gasteiger charge is -1.97. The minimum Gasteiger partial charge on any atom is -0.355 e. The molecule has 0 aliphatic heterocycles. The second kappa shape index (κ2) is 6.57. The van der Waals surface area contributed by atoms with Gasteiger partial charge in [-0.3, -0.25) is 4.79 Å². The fraction of sp³-hybridized carbons (Fsp3) is 0.250. The molecule has 0 unspecified atom stereocenters. The van der Waals surface area contributed by atoms with Gasteiger partial charge in [-0.1, -0.05) is 23.4 Å². The zero-order valence-electron chi connectivity index (χ0n) is 8.81. The van der Waals surface area contributed by atoms with Crippen molar-refractivity contribution in [1.82, 2.24) is 5.32 Å². The van der Waals surface area contributed by atoms with Gasteiger partial charge in [0.05, 0.1) is 0 Å². The van der Waals surface area contributed by atoms with E-state index in [4.69, 9.17) is 11.6 Å². The van der Waals surface area contributed by atoms with E-state index in [1.807, 2.05) is 6.07 Å². The summed E-state index contributed by atoms with van der Waals surface area (Å²) in [5, 5.41) is 3.36. The maximum absolute atomic E-state index is 10.6. The predicted molar refractivity (Wildman–Crippen MR) is 69.3 cm³/mol. The number of benzene rings is 1. The van der Waals surface area contributed by atoms with E-state index in [0.29, 0.717) is 18.0 Å². The Morgan fingerprint density at radius 1 is 1.56 bits per heavy atom. The molecule has 2 nitrogen and oxygen atoms in total. The summed E-state index contributed by atoms with van der Waals surface area (Å²) in [5.74, 6) is 5.95. The number of amides is 1. The minimum atomic E-state index is -0.0329. The molecular formula is C12H11BrClNO. The van der Waals surface area contributed by atoms with Crippen LogP contribution in [0.3, 0.4) is 0 Å². The smallest absolute Gasteiger partial charge is 0.216 e. The lowest BCUT2D eigenvalue weighted by Crippen LogP contribution is -2.20. The Balaban J connectivity index is 2.53. The van der Waals surface area contributed by atoms with Crippen molar-refractivity contribution in [2.75, 3.05) is 6.54 Å². The monoisotopic (exact) mass is 299 g/mol. The Labute approximate surface area is 109 Å². The van der Waals surface area contributed by atoms with Gasteiger partial charge in [0.25, 0.3) is 0 Å². The molecule has 0 heterocycles. The first kappa shape index (κ1) is 13.1. The van der Waals surface area contributed by atoms with Crippen LogP contribution >= 0.6 is 27.5 Å². The third-order valence-corrected chi connectivity index (χ3v) is 2.67. The highest BCUT2D eigenvalue weighted by atomic mass is 79.9. The molecule has 0 radical (unpaired) electrons. The Hall–Kier alpha value is -0.980. The van der Waals surface area contributed by atoms with Gasteiger partial charge in [0.2, 0.25) is 5.91 Å². The summed E-state index contributed by atoms with van der Waals surface area (Å²) in [6.45, 7) is 2.07. The van der Waals surface area contributed by atoms with Crippen molar-refractivity contribution in [3.8, 4) is 11.8 Å². The third kappa shape index (κ3) is 4.69. The predicted octanol–water partition coefficient (Wildman–Crippen LogP) is 2.98. The van der Waals surface area contributed by atoms with Gasteiger partial charge in [-0.2, -0.15) is 0 Å². The van der Waals surface area contributed by atoms with Gasteiger partial charge >= 0.3 is 0 Å². The third-order valence-electron chi connectivity index (χ3n) is 1.78. The molecule has 16 heavy (non-hydrogen) atoms. The highest BCUT2D eigenvalue weighted by molar-refractivity contribution is 9.10. The molecule has 0 aliphatic carbocycles. The number of hydrogen-bond acceptors (Lipinski definition) is 1. The molecule has 0 saturated heterocycles. The van der Waals surface area contributed by atoms with Crippen LogP contribution in [-0.2, 0) is 4.79 Å². The van der Waals surface area contributed by atoms with E-state index < -0.39 is 0 Å². The Kier molecular flexibility index (Phi) is 5.37. The zero-order chi connectivity index (χ0) is 12.0. The number of carbonyl (C=O) groups is 1. The van der Waals surface area contributed by atoms with Crippen LogP contribution in [0.1, 0.15) is 18.9 Å². The van der Waals surface area contributed by atoms with E-state index >= 15 is 0 Å². The second-order valence-corrected chi connectivity index (χ2v) is 4.45. The summed E-state index contributed by atoms with van der Waals surface area (Å²) >= 11 is 9.19. The first-order valence-electron chi connectivity index (χ1n) is 4.78. The average molecular weight is 301 g/mol. The molecule has 1 aromatic rings. The molecular weight excluding hydrogens is 289 g/mol. The lowest BCUT2D eigenvalue weighted by atomic mass is 10.2. The molecule has 0 aliphatic rings. The first-order valence-corrected chi connectivity index (χ1v) is 5.95. The summed E-state index contributed by atoms with van der Waals surface area (Å²) in [4.78, 5) is 10.6. The van der Waals surface area contributed by atoms with E-state index in [0.717, 1.165) is 10.0 Å². The van der Waals surface area contributed by atoms with Crippen LogP contribution in [-0.4, -0.2) is 12.5 Å². The van der Waals surface area contributed by atoms with Crippen molar-refractivity contribution >= 4 is 33.4 Å². The van der Waals surface area contributed by atoms with Crippen molar-refractivity contribution in [2.24, 2.45) is 0 Å². The average Bonchev–Trinajstić information content (AvgIpc) is 2.20. The van der Waals surface area contributed by atoms with E-state index in [1.54, 1.807) is 12.1 Å². The number of carbonyl (C=O) groups excluding carboxylic acids is 1. The maximum atomic E-state index is 10.6. The molecule has 1 rings (SSSR count). The molecule has 0 saturated carbocycles. The fourth-order valence-electron chi connectivity index (χ4n) is 1.05. The van der Waals surface area contributed by atoms with E-state index in [9.17, 15) is 4.79 Å². The first-order chi connectivity index (χ1) is 7.59. The fourth-order valence-corrected chi connectivity index (χ4v) is 1.83. The molecule has 0 atom stereocenters. The Bertz CT molecular complexity index is 448. The molecule has 84 valence electrons. The SMILES string of the molecule is CC(=O)NCCC#Cc1ccc(Cl)cc1Br. The van der Waals surface area contributed by atoms with Crippen LogP contribution in [0.25, 0.3) is 0 Å². The van der Waals surface area contributed by atoms with Crippen molar-refractivity contribution < 1.29 is 4.79 Å². The van der Waals surface area contributed by atoms with E-state index in [1.165, 1.54) is 6.92 Å². The largest absolute Gasteiger partial charge is 0.355 e. The van der Waals surface area contributed by atoms with Gasteiger partial charge in [0.1, 0.15) is 0 Å². The molecule has 0 bridgehead atoms. The van der Waals surface area contributed by atoms with Gasteiger partial charge in [0.15, 0.2) is 0 Å². The summed E-state index contributed by atoms with van der Waals surface area (Å²) in [7, 11) is 0. The van der Waals surface area contributed by atoms with Crippen LogP contribution in [0.4, 0.5) is 0 Å². The number of halogens is 2.